The van der Waals surface area contributed by atoms with Gasteiger partial charge in [0.25, 0.3) is 0 Å². The van der Waals surface area contributed by atoms with E-state index in [2.05, 4.69) is 30.3 Å². The molecule has 0 fully saturated rings. The van der Waals surface area contributed by atoms with Gasteiger partial charge in [-0.25, -0.2) is 0 Å². The van der Waals surface area contributed by atoms with Crippen LogP contribution in [0.15, 0.2) is 36.1 Å². The van der Waals surface area contributed by atoms with Gasteiger partial charge in [-0.2, -0.15) is 0 Å². The highest BCUT2D eigenvalue weighted by Crippen LogP contribution is 2.25. The van der Waals surface area contributed by atoms with E-state index in [9.17, 15) is 0 Å². The summed E-state index contributed by atoms with van der Waals surface area (Å²) in [5.41, 5.74) is 2.87. The molecule has 1 heterocycles. The predicted octanol–water partition coefficient (Wildman–Crippen LogP) is 2.47. The normalized spacial score (nSPS) is 20.4. The number of ether oxygens (including phenoxy) is 2. The molecular weight excluding hydrogens is 200 g/mol. The van der Waals surface area contributed by atoms with Crippen LogP contribution in [0.4, 0.5) is 0 Å². The molecule has 2 heteroatoms. The summed E-state index contributed by atoms with van der Waals surface area (Å²) in [6.45, 7) is 1.48. The Kier molecular flexibility index (Phi) is 2.66. The van der Waals surface area contributed by atoms with Gasteiger partial charge >= 0.3 is 0 Å². The van der Waals surface area contributed by atoms with Crippen molar-refractivity contribution < 1.29 is 9.47 Å². The van der Waals surface area contributed by atoms with Crippen molar-refractivity contribution >= 4 is 0 Å². The highest BCUT2D eigenvalue weighted by Gasteiger charge is 2.23. The van der Waals surface area contributed by atoms with Crippen LogP contribution in [0.1, 0.15) is 17.5 Å². The third-order valence-electron chi connectivity index (χ3n) is 3.21. The molecule has 1 aliphatic carbocycles. The molecule has 1 aromatic rings. The van der Waals surface area contributed by atoms with E-state index < -0.39 is 0 Å². The van der Waals surface area contributed by atoms with Crippen LogP contribution in [0.2, 0.25) is 0 Å². The van der Waals surface area contributed by atoms with E-state index in [-0.39, 0.29) is 0 Å². The summed E-state index contributed by atoms with van der Waals surface area (Å²) >= 11 is 0. The smallest absolute Gasteiger partial charge is 0.118 e. The van der Waals surface area contributed by atoms with Crippen LogP contribution in [0.25, 0.3) is 0 Å². The zero-order chi connectivity index (χ0) is 10.8. The Hall–Kier alpha value is -1.28. The summed E-state index contributed by atoms with van der Waals surface area (Å²) in [6.07, 6.45) is 5.52. The number of hydrogen-bond acceptors (Lipinski definition) is 2. The van der Waals surface area contributed by atoms with Gasteiger partial charge in [-0.3, -0.25) is 0 Å². The van der Waals surface area contributed by atoms with Crippen molar-refractivity contribution in [3.05, 3.63) is 47.2 Å². The minimum absolute atomic E-state index is 0.311. The van der Waals surface area contributed by atoms with Gasteiger partial charge in [-0.15, -0.1) is 0 Å². The molecule has 0 saturated heterocycles. The van der Waals surface area contributed by atoms with E-state index >= 15 is 0 Å². The van der Waals surface area contributed by atoms with E-state index in [1.807, 2.05) is 0 Å². The summed E-state index contributed by atoms with van der Waals surface area (Å²) < 4.78 is 11.3. The van der Waals surface area contributed by atoms with Crippen molar-refractivity contribution in [2.45, 2.75) is 25.4 Å². The summed E-state index contributed by atoms with van der Waals surface area (Å²) in [5.74, 6) is 1.02. The topological polar surface area (TPSA) is 18.5 Å². The molecule has 0 radical (unpaired) electrons. The maximum absolute atomic E-state index is 5.97. The maximum Gasteiger partial charge on any atom is 0.118 e. The van der Waals surface area contributed by atoms with Crippen LogP contribution in [0.3, 0.4) is 0 Å². The zero-order valence-corrected chi connectivity index (χ0v) is 9.32. The first kappa shape index (κ1) is 9.91. The van der Waals surface area contributed by atoms with E-state index in [1.165, 1.54) is 11.1 Å². The Bertz CT molecular complexity index is 384. The number of rotatable bonds is 2. The third-order valence-corrected chi connectivity index (χ3v) is 3.21. The zero-order valence-electron chi connectivity index (χ0n) is 9.32. The van der Waals surface area contributed by atoms with Crippen LogP contribution in [0.5, 0.6) is 0 Å². The maximum atomic E-state index is 5.97. The molecule has 0 N–H and O–H groups in total. The van der Waals surface area contributed by atoms with Gasteiger partial charge in [-0.1, -0.05) is 24.3 Å². The quantitative estimate of drug-likeness (QED) is 0.756. The van der Waals surface area contributed by atoms with Crippen molar-refractivity contribution in [3.8, 4) is 0 Å². The third kappa shape index (κ3) is 1.98. The molecule has 16 heavy (non-hydrogen) atoms. The highest BCUT2D eigenvalue weighted by atomic mass is 16.5. The number of hydrogen-bond donors (Lipinski definition) is 0. The van der Waals surface area contributed by atoms with Crippen molar-refractivity contribution in [2.75, 3.05) is 13.2 Å². The fraction of sp³-hybridized carbons (Fsp3) is 0.429. The summed E-state index contributed by atoms with van der Waals surface area (Å²) in [5, 5.41) is 0. The van der Waals surface area contributed by atoms with Crippen LogP contribution in [0, 0.1) is 0 Å². The van der Waals surface area contributed by atoms with Crippen molar-refractivity contribution in [1.82, 2.24) is 0 Å². The average Bonchev–Trinajstić information content (AvgIpc) is 2.72. The van der Waals surface area contributed by atoms with E-state index in [4.69, 9.17) is 9.47 Å². The predicted molar refractivity (Wildman–Crippen MR) is 62.2 cm³/mol. The lowest BCUT2D eigenvalue weighted by Crippen LogP contribution is -2.17. The van der Waals surface area contributed by atoms with Crippen LogP contribution < -0.4 is 0 Å². The molecule has 2 nitrogen and oxygen atoms in total. The highest BCUT2D eigenvalue weighted by molar-refractivity contribution is 5.32. The molecule has 0 amide bonds. The molecule has 2 aliphatic rings. The Morgan fingerprint density at radius 3 is 2.50 bits per heavy atom. The van der Waals surface area contributed by atoms with Crippen LogP contribution in [-0.4, -0.2) is 19.3 Å². The van der Waals surface area contributed by atoms with Gasteiger partial charge in [0, 0.05) is 12.8 Å². The van der Waals surface area contributed by atoms with Gasteiger partial charge in [0.15, 0.2) is 0 Å². The first-order chi connectivity index (χ1) is 7.92. The first-order valence-electron chi connectivity index (χ1n) is 5.92. The first-order valence-corrected chi connectivity index (χ1v) is 5.92. The summed E-state index contributed by atoms with van der Waals surface area (Å²) in [6, 6.07) is 8.60. The molecule has 0 unspecified atom stereocenters. The Morgan fingerprint density at radius 1 is 1.12 bits per heavy atom. The fourth-order valence-corrected chi connectivity index (χ4v) is 2.43. The molecule has 0 spiro atoms. The fourth-order valence-electron chi connectivity index (χ4n) is 2.43. The summed E-state index contributed by atoms with van der Waals surface area (Å²) in [4.78, 5) is 0. The van der Waals surface area contributed by atoms with Gasteiger partial charge in [0.05, 0.1) is 6.61 Å². The Labute approximate surface area is 95.9 Å². The minimum atomic E-state index is 0.311. The Balaban J connectivity index is 1.65. The second kappa shape index (κ2) is 4.30. The van der Waals surface area contributed by atoms with Gasteiger partial charge in [0.1, 0.15) is 18.5 Å². The molecule has 1 aromatic carbocycles. The van der Waals surface area contributed by atoms with Crippen molar-refractivity contribution in [1.29, 1.82) is 0 Å². The SMILES string of the molecule is C1=C(OC2Cc3ccccc3C2)COCC1. The molecular formula is C14H16O2. The van der Waals surface area contributed by atoms with Crippen molar-refractivity contribution in [2.24, 2.45) is 0 Å². The molecule has 0 bridgehead atoms. The van der Waals surface area contributed by atoms with Crippen LogP contribution >= 0.6 is 0 Å². The van der Waals surface area contributed by atoms with E-state index in [0.717, 1.165) is 31.6 Å². The van der Waals surface area contributed by atoms with Gasteiger partial charge < -0.3 is 9.47 Å². The van der Waals surface area contributed by atoms with Gasteiger partial charge in [-0.05, 0) is 23.6 Å². The standard InChI is InChI=1S/C14H16O2/c1-2-5-12-9-14(8-11(12)4-1)16-13-6-3-7-15-10-13/h1-2,4-6,14H,3,7-10H2. The number of fused-ring (bicyclic) bond motifs is 1. The lowest BCUT2D eigenvalue weighted by Gasteiger charge is -2.19. The molecule has 0 aromatic heterocycles. The molecule has 0 saturated carbocycles. The molecule has 0 atom stereocenters. The second-order valence-electron chi connectivity index (χ2n) is 4.43. The molecule has 84 valence electrons. The van der Waals surface area contributed by atoms with Gasteiger partial charge in [0.2, 0.25) is 0 Å². The van der Waals surface area contributed by atoms with E-state index in [1.54, 1.807) is 0 Å². The monoisotopic (exact) mass is 216 g/mol. The largest absolute Gasteiger partial charge is 0.492 e. The molecule has 1 aliphatic heterocycles. The number of benzene rings is 1. The van der Waals surface area contributed by atoms with Crippen LogP contribution in [-0.2, 0) is 22.3 Å². The Morgan fingerprint density at radius 2 is 1.88 bits per heavy atom. The average molecular weight is 216 g/mol. The second-order valence-corrected chi connectivity index (χ2v) is 4.43. The lowest BCUT2D eigenvalue weighted by molar-refractivity contribution is 0.0523. The van der Waals surface area contributed by atoms with Crippen molar-refractivity contribution in [3.63, 3.8) is 0 Å². The van der Waals surface area contributed by atoms with E-state index in [0.29, 0.717) is 12.7 Å². The molecule has 3 rings (SSSR count). The lowest BCUT2D eigenvalue weighted by atomic mass is 10.1. The summed E-state index contributed by atoms with van der Waals surface area (Å²) in [7, 11) is 0. The minimum Gasteiger partial charge on any atom is -0.492 e.